The Kier molecular flexibility index (Phi) is 6.18. The molecule has 5 nitrogen and oxygen atoms in total. The summed E-state index contributed by atoms with van der Waals surface area (Å²) in [6.07, 6.45) is 0. The first-order chi connectivity index (χ1) is 8.63. The second kappa shape index (κ2) is 7.68. The highest BCUT2D eigenvalue weighted by molar-refractivity contribution is 5.87. The van der Waals surface area contributed by atoms with Crippen LogP contribution in [0.2, 0.25) is 0 Å². The number of hydrogen-bond donors (Lipinski definition) is 2. The zero-order valence-electron chi connectivity index (χ0n) is 10.8. The molecular weight excluding hydrogens is 232 g/mol. The van der Waals surface area contributed by atoms with Crippen LogP contribution in [-0.4, -0.2) is 56.4 Å². The predicted octanol–water partition coefficient (Wildman–Crippen LogP) is 1.37. The molecule has 0 aliphatic heterocycles. The molecule has 0 unspecified atom stereocenters. The van der Waals surface area contributed by atoms with E-state index in [1.807, 2.05) is 7.05 Å². The Morgan fingerprint density at radius 2 is 2.00 bits per heavy atom. The van der Waals surface area contributed by atoms with Crippen LogP contribution in [0.25, 0.3) is 0 Å². The van der Waals surface area contributed by atoms with Crippen LogP contribution >= 0.6 is 0 Å². The summed E-state index contributed by atoms with van der Waals surface area (Å²) in [6, 6.07) is 6.75. The Bertz CT molecular complexity index is 365. The number of benzene rings is 1. The van der Waals surface area contributed by atoms with Crippen LogP contribution in [0, 0.1) is 0 Å². The monoisotopic (exact) mass is 252 g/mol. The van der Waals surface area contributed by atoms with Crippen LogP contribution < -0.4 is 5.32 Å². The largest absolute Gasteiger partial charge is 0.478 e. The van der Waals surface area contributed by atoms with Crippen LogP contribution in [0.4, 0.5) is 5.69 Å². The minimum atomic E-state index is -0.902. The van der Waals surface area contributed by atoms with Gasteiger partial charge in [-0.1, -0.05) is 0 Å². The normalized spacial score (nSPS) is 10.6. The fourth-order valence-electron chi connectivity index (χ4n) is 1.48. The van der Waals surface area contributed by atoms with Crippen molar-refractivity contribution in [1.82, 2.24) is 4.90 Å². The van der Waals surface area contributed by atoms with Crippen LogP contribution in [0.15, 0.2) is 24.3 Å². The second-order valence-electron chi connectivity index (χ2n) is 4.11. The third-order valence-corrected chi connectivity index (χ3v) is 2.63. The van der Waals surface area contributed by atoms with Crippen molar-refractivity contribution in [2.75, 3.05) is 45.7 Å². The van der Waals surface area contributed by atoms with Gasteiger partial charge in [0.2, 0.25) is 0 Å². The summed E-state index contributed by atoms with van der Waals surface area (Å²) < 4.78 is 4.99. The summed E-state index contributed by atoms with van der Waals surface area (Å²) in [5, 5.41) is 12.0. The molecule has 0 aliphatic carbocycles. The zero-order chi connectivity index (χ0) is 13.4. The Hall–Kier alpha value is -1.59. The number of carboxylic acid groups (broad SMARTS) is 1. The molecular formula is C13H20N2O3. The average molecular weight is 252 g/mol. The van der Waals surface area contributed by atoms with Gasteiger partial charge in [-0.3, -0.25) is 0 Å². The van der Waals surface area contributed by atoms with E-state index < -0.39 is 5.97 Å². The lowest BCUT2D eigenvalue weighted by Crippen LogP contribution is -2.28. The summed E-state index contributed by atoms with van der Waals surface area (Å²) in [5.41, 5.74) is 1.23. The van der Waals surface area contributed by atoms with E-state index in [2.05, 4.69) is 10.2 Å². The highest BCUT2D eigenvalue weighted by Gasteiger charge is 2.01. The SMILES string of the molecule is COCCN(C)CCNc1ccc(C(=O)O)cc1. The van der Waals surface area contributed by atoms with Gasteiger partial charge in [0, 0.05) is 32.4 Å². The second-order valence-corrected chi connectivity index (χ2v) is 4.11. The lowest BCUT2D eigenvalue weighted by Gasteiger charge is -2.16. The third-order valence-electron chi connectivity index (χ3n) is 2.63. The van der Waals surface area contributed by atoms with E-state index in [0.717, 1.165) is 31.9 Å². The lowest BCUT2D eigenvalue weighted by atomic mass is 10.2. The van der Waals surface area contributed by atoms with Crippen LogP contribution in [0.3, 0.4) is 0 Å². The maximum Gasteiger partial charge on any atom is 0.335 e. The van der Waals surface area contributed by atoms with Gasteiger partial charge in [-0.05, 0) is 31.3 Å². The van der Waals surface area contributed by atoms with E-state index in [9.17, 15) is 4.79 Å². The van der Waals surface area contributed by atoms with Gasteiger partial charge in [-0.15, -0.1) is 0 Å². The number of hydrogen-bond acceptors (Lipinski definition) is 4. The van der Waals surface area contributed by atoms with Gasteiger partial charge in [0.05, 0.1) is 12.2 Å². The van der Waals surface area contributed by atoms with Gasteiger partial charge in [0.1, 0.15) is 0 Å². The average Bonchev–Trinajstić information content (AvgIpc) is 2.37. The maximum atomic E-state index is 10.7. The molecule has 0 heterocycles. The summed E-state index contributed by atoms with van der Waals surface area (Å²) in [7, 11) is 3.73. The number of rotatable bonds is 8. The van der Waals surface area contributed by atoms with E-state index in [1.165, 1.54) is 0 Å². The number of carboxylic acids is 1. The first-order valence-corrected chi connectivity index (χ1v) is 5.88. The first-order valence-electron chi connectivity index (χ1n) is 5.88. The molecule has 18 heavy (non-hydrogen) atoms. The van der Waals surface area contributed by atoms with Gasteiger partial charge < -0.3 is 20.1 Å². The van der Waals surface area contributed by atoms with Crippen LogP contribution in [0.5, 0.6) is 0 Å². The summed E-state index contributed by atoms with van der Waals surface area (Å²) in [5.74, 6) is -0.902. The number of ether oxygens (including phenoxy) is 1. The van der Waals surface area contributed by atoms with E-state index in [-0.39, 0.29) is 0 Å². The predicted molar refractivity (Wildman–Crippen MR) is 71.3 cm³/mol. The number of methoxy groups -OCH3 is 1. The van der Waals surface area contributed by atoms with Crippen molar-refractivity contribution in [3.63, 3.8) is 0 Å². The Balaban J connectivity index is 2.29. The van der Waals surface area contributed by atoms with E-state index in [0.29, 0.717) is 5.56 Å². The molecule has 0 amide bonds. The van der Waals surface area contributed by atoms with Crippen LogP contribution in [-0.2, 0) is 4.74 Å². The van der Waals surface area contributed by atoms with Crippen molar-refractivity contribution in [2.24, 2.45) is 0 Å². The number of carbonyl (C=O) groups is 1. The molecule has 0 aromatic heterocycles. The number of nitrogens with zero attached hydrogens (tertiary/aromatic N) is 1. The standard InChI is InChI=1S/C13H20N2O3/c1-15(9-10-18-2)8-7-14-12-5-3-11(4-6-12)13(16)17/h3-6,14H,7-10H2,1-2H3,(H,16,17). The zero-order valence-corrected chi connectivity index (χ0v) is 10.8. The molecule has 0 radical (unpaired) electrons. The van der Waals surface area contributed by atoms with Gasteiger partial charge in [-0.25, -0.2) is 4.79 Å². The van der Waals surface area contributed by atoms with Crippen molar-refractivity contribution in [2.45, 2.75) is 0 Å². The van der Waals surface area contributed by atoms with E-state index in [1.54, 1.807) is 31.4 Å². The first kappa shape index (κ1) is 14.5. The molecule has 5 heteroatoms. The number of aromatic carboxylic acids is 1. The van der Waals surface area contributed by atoms with Gasteiger partial charge >= 0.3 is 5.97 Å². The molecule has 0 fully saturated rings. The van der Waals surface area contributed by atoms with Crippen molar-refractivity contribution in [1.29, 1.82) is 0 Å². The Morgan fingerprint density at radius 3 is 2.56 bits per heavy atom. The summed E-state index contributed by atoms with van der Waals surface area (Å²) in [4.78, 5) is 12.8. The van der Waals surface area contributed by atoms with E-state index in [4.69, 9.17) is 9.84 Å². The molecule has 1 aromatic carbocycles. The number of anilines is 1. The molecule has 2 N–H and O–H groups in total. The van der Waals surface area contributed by atoms with Crippen molar-refractivity contribution in [3.05, 3.63) is 29.8 Å². The molecule has 100 valence electrons. The van der Waals surface area contributed by atoms with Gasteiger partial charge in [-0.2, -0.15) is 0 Å². The fraction of sp³-hybridized carbons (Fsp3) is 0.462. The van der Waals surface area contributed by atoms with E-state index >= 15 is 0 Å². The van der Waals surface area contributed by atoms with Crippen LogP contribution in [0.1, 0.15) is 10.4 Å². The van der Waals surface area contributed by atoms with Gasteiger partial charge in [0.25, 0.3) is 0 Å². The molecule has 0 spiro atoms. The Morgan fingerprint density at radius 1 is 1.33 bits per heavy atom. The number of nitrogens with one attached hydrogen (secondary N) is 1. The quantitative estimate of drug-likeness (QED) is 0.732. The molecule has 0 bridgehead atoms. The highest BCUT2D eigenvalue weighted by atomic mass is 16.5. The number of likely N-dealkylation sites (N-methyl/N-ethyl adjacent to an activating group) is 1. The molecule has 1 rings (SSSR count). The molecule has 1 aromatic rings. The van der Waals surface area contributed by atoms with Crippen molar-refractivity contribution in [3.8, 4) is 0 Å². The minimum Gasteiger partial charge on any atom is -0.478 e. The van der Waals surface area contributed by atoms with Crippen molar-refractivity contribution >= 4 is 11.7 Å². The third kappa shape index (κ3) is 5.16. The van der Waals surface area contributed by atoms with Crippen molar-refractivity contribution < 1.29 is 14.6 Å². The fourth-order valence-corrected chi connectivity index (χ4v) is 1.48. The van der Waals surface area contributed by atoms with Gasteiger partial charge in [0.15, 0.2) is 0 Å². The topological polar surface area (TPSA) is 61.8 Å². The molecule has 0 saturated heterocycles. The molecule has 0 aliphatic rings. The lowest BCUT2D eigenvalue weighted by molar-refractivity contribution is 0.0697. The molecule has 0 saturated carbocycles. The highest BCUT2D eigenvalue weighted by Crippen LogP contribution is 2.08. The maximum absolute atomic E-state index is 10.7. The summed E-state index contributed by atoms with van der Waals surface area (Å²) in [6.45, 7) is 3.34. The Labute approximate surface area is 107 Å². The molecule has 0 atom stereocenters. The smallest absolute Gasteiger partial charge is 0.335 e. The minimum absolute atomic E-state index is 0.303. The summed E-state index contributed by atoms with van der Waals surface area (Å²) >= 11 is 0.